The Hall–Kier alpha value is -2.65. The minimum absolute atomic E-state index is 0. The van der Waals surface area contributed by atoms with Gasteiger partial charge in [-0.15, -0.1) is 12.4 Å². The normalized spacial score (nSPS) is 16.7. The summed E-state index contributed by atoms with van der Waals surface area (Å²) in [4.78, 5) is 18.9. The molecule has 0 spiro atoms. The third-order valence-electron chi connectivity index (χ3n) is 5.78. The number of fused-ring (bicyclic) bond motifs is 1. The summed E-state index contributed by atoms with van der Waals surface area (Å²) in [6.07, 6.45) is 6.14. The van der Waals surface area contributed by atoms with Gasteiger partial charge in [-0.1, -0.05) is 0 Å². The van der Waals surface area contributed by atoms with Crippen LogP contribution in [0.5, 0.6) is 0 Å². The van der Waals surface area contributed by atoms with Crippen LogP contribution >= 0.6 is 12.4 Å². The largest absolute Gasteiger partial charge is 0.356 e. The first-order chi connectivity index (χ1) is 14.7. The van der Waals surface area contributed by atoms with Gasteiger partial charge in [0.05, 0.1) is 11.7 Å². The molecular formula is C21H30ClN9. The highest BCUT2D eigenvalue weighted by Crippen LogP contribution is 2.26. The highest BCUT2D eigenvalue weighted by molar-refractivity contribution is 5.85. The van der Waals surface area contributed by atoms with E-state index in [0.29, 0.717) is 5.95 Å². The average Bonchev–Trinajstić information content (AvgIpc) is 3.44. The standard InChI is InChI=1S/C21H29N9.ClH/c1-15(2)30-17-11-18(23-13-16(17)14-24-30)25-21-26-19(28-7-3-4-8-28)12-20(27-21)29-9-5-22-6-10-29;/h11-15,22H,3-10H2,1-2H3,(H,23,25,26,27);1H. The van der Waals surface area contributed by atoms with E-state index < -0.39 is 0 Å². The van der Waals surface area contributed by atoms with Crippen molar-refractivity contribution in [3.05, 3.63) is 24.5 Å². The molecule has 0 aliphatic carbocycles. The van der Waals surface area contributed by atoms with Crippen LogP contribution in [0, 0.1) is 0 Å². The summed E-state index contributed by atoms with van der Waals surface area (Å²) in [7, 11) is 0. The lowest BCUT2D eigenvalue weighted by Gasteiger charge is -2.29. The lowest BCUT2D eigenvalue weighted by molar-refractivity contribution is 0.551. The van der Waals surface area contributed by atoms with Gasteiger partial charge in [-0.3, -0.25) is 4.68 Å². The van der Waals surface area contributed by atoms with Gasteiger partial charge < -0.3 is 20.4 Å². The molecule has 0 atom stereocenters. The highest BCUT2D eigenvalue weighted by Gasteiger charge is 2.20. The third kappa shape index (κ3) is 4.52. The summed E-state index contributed by atoms with van der Waals surface area (Å²) in [5, 5.41) is 12.3. The van der Waals surface area contributed by atoms with Crippen LogP contribution in [-0.2, 0) is 0 Å². The molecule has 31 heavy (non-hydrogen) atoms. The lowest BCUT2D eigenvalue weighted by atomic mass is 10.3. The Kier molecular flexibility index (Phi) is 6.43. The predicted octanol–water partition coefficient (Wildman–Crippen LogP) is 2.98. The number of piperazine rings is 1. The zero-order valence-corrected chi connectivity index (χ0v) is 18.9. The average molecular weight is 444 g/mol. The molecular weight excluding hydrogens is 414 g/mol. The zero-order chi connectivity index (χ0) is 20.5. The van der Waals surface area contributed by atoms with Gasteiger partial charge in [0.15, 0.2) is 0 Å². The van der Waals surface area contributed by atoms with Crippen LogP contribution in [0.3, 0.4) is 0 Å². The van der Waals surface area contributed by atoms with E-state index in [9.17, 15) is 0 Å². The number of hydrogen-bond acceptors (Lipinski definition) is 8. The molecule has 2 saturated heterocycles. The molecule has 0 unspecified atom stereocenters. The molecule has 3 aromatic rings. The minimum Gasteiger partial charge on any atom is -0.356 e. The molecule has 2 aliphatic rings. The molecule has 2 fully saturated rings. The van der Waals surface area contributed by atoms with E-state index in [4.69, 9.17) is 9.97 Å². The molecule has 5 rings (SSSR count). The Bertz CT molecular complexity index is 1020. The Balaban J connectivity index is 0.00000231. The number of hydrogen-bond donors (Lipinski definition) is 2. The van der Waals surface area contributed by atoms with Gasteiger partial charge in [-0.25, -0.2) is 4.98 Å². The van der Waals surface area contributed by atoms with Gasteiger partial charge in [0.2, 0.25) is 5.95 Å². The van der Waals surface area contributed by atoms with E-state index >= 15 is 0 Å². The number of rotatable bonds is 5. The van der Waals surface area contributed by atoms with Gasteiger partial charge in [0.1, 0.15) is 17.5 Å². The number of pyridine rings is 1. The van der Waals surface area contributed by atoms with Crippen molar-refractivity contribution in [2.75, 3.05) is 54.4 Å². The number of nitrogens with zero attached hydrogens (tertiary/aromatic N) is 7. The second-order valence-corrected chi connectivity index (χ2v) is 8.28. The van der Waals surface area contributed by atoms with Crippen molar-refractivity contribution in [3.8, 4) is 0 Å². The Labute approximate surface area is 188 Å². The molecule has 2 N–H and O–H groups in total. The van der Waals surface area contributed by atoms with Crippen molar-refractivity contribution in [1.29, 1.82) is 0 Å². The monoisotopic (exact) mass is 443 g/mol. The molecule has 0 radical (unpaired) electrons. The molecule has 9 nitrogen and oxygen atoms in total. The van der Waals surface area contributed by atoms with Gasteiger partial charge in [-0.2, -0.15) is 15.1 Å². The van der Waals surface area contributed by atoms with Crippen molar-refractivity contribution < 1.29 is 0 Å². The molecule has 0 aromatic carbocycles. The van der Waals surface area contributed by atoms with Gasteiger partial charge >= 0.3 is 0 Å². The number of nitrogens with one attached hydrogen (secondary N) is 2. The van der Waals surface area contributed by atoms with Crippen LogP contribution in [0.1, 0.15) is 32.7 Å². The summed E-state index contributed by atoms with van der Waals surface area (Å²) < 4.78 is 2.01. The molecule has 0 amide bonds. The summed E-state index contributed by atoms with van der Waals surface area (Å²) in [6, 6.07) is 4.44. The number of halogens is 1. The second-order valence-electron chi connectivity index (χ2n) is 8.28. The quantitative estimate of drug-likeness (QED) is 0.622. The van der Waals surface area contributed by atoms with E-state index in [1.807, 2.05) is 23.1 Å². The fourth-order valence-corrected chi connectivity index (χ4v) is 4.18. The Morgan fingerprint density at radius 3 is 2.29 bits per heavy atom. The maximum atomic E-state index is 4.84. The zero-order valence-electron chi connectivity index (χ0n) is 18.1. The summed E-state index contributed by atoms with van der Waals surface area (Å²) in [6.45, 7) is 10.2. The first-order valence-corrected chi connectivity index (χ1v) is 10.9. The SMILES string of the molecule is CC(C)n1ncc2cnc(Nc3nc(N4CCCC4)cc(N4CCNCC4)n3)cc21.Cl. The summed E-state index contributed by atoms with van der Waals surface area (Å²) >= 11 is 0. The van der Waals surface area contributed by atoms with E-state index in [1.165, 1.54) is 12.8 Å². The fraction of sp³-hybridized carbons (Fsp3) is 0.524. The minimum atomic E-state index is 0. The smallest absolute Gasteiger partial charge is 0.232 e. The van der Waals surface area contributed by atoms with E-state index in [0.717, 1.165) is 67.6 Å². The molecule has 5 heterocycles. The van der Waals surface area contributed by atoms with Crippen LogP contribution in [0.2, 0.25) is 0 Å². The predicted molar refractivity (Wildman–Crippen MR) is 127 cm³/mol. The van der Waals surface area contributed by atoms with Crippen LogP contribution < -0.4 is 20.4 Å². The fourth-order valence-electron chi connectivity index (χ4n) is 4.18. The maximum absolute atomic E-state index is 4.84. The van der Waals surface area contributed by atoms with Crippen molar-refractivity contribution in [3.63, 3.8) is 0 Å². The van der Waals surface area contributed by atoms with Crippen molar-refractivity contribution in [2.24, 2.45) is 0 Å². The first kappa shape index (κ1) is 21.6. The molecule has 10 heteroatoms. The molecule has 0 saturated carbocycles. The van der Waals surface area contributed by atoms with E-state index in [2.05, 4.69) is 50.4 Å². The van der Waals surface area contributed by atoms with Gasteiger partial charge in [0, 0.05) is 69.0 Å². The number of aromatic nitrogens is 5. The molecule has 2 aliphatic heterocycles. The second kappa shape index (κ2) is 9.23. The highest BCUT2D eigenvalue weighted by atomic mass is 35.5. The van der Waals surface area contributed by atoms with Crippen LogP contribution in [0.15, 0.2) is 24.5 Å². The molecule has 3 aromatic heterocycles. The van der Waals surface area contributed by atoms with E-state index in [1.54, 1.807) is 0 Å². The van der Waals surface area contributed by atoms with Crippen LogP contribution in [0.25, 0.3) is 10.9 Å². The van der Waals surface area contributed by atoms with Crippen LogP contribution in [-0.4, -0.2) is 64.0 Å². The number of anilines is 4. The first-order valence-electron chi connectivity index (χ1n) is 10.9. The van der Waals surface area contributed by atoms with Crippen LogP contribution in [0.4, 0.5) is 23.4 Å². The van der Waals surface area contributed by atoms with Crippen molar-refractivity contribution in [1.82, 2.24) is 30.0 Å². The Morgan fingerprint density at radius 2 is 1.61 bits per heavy atom. The Morgan fingerprint density at radius 1 is 0.935 bits per heavy atom. The van der Waals surface area contributed by atoms with Crippen molar-refractivity contribution >= 4 is 46.7 Å². The van der Waals surface area contributed by atoms with Gasteiger partial charge in [0.25, 0.3) is 0 Å². The third-order valence-corrected chi connectivity index (χ3v) is 5.78. The molecule has 0 bridgehead atoms. The summed E-state index contributed by atoms with van der Waals surface area (Å²) in [5.41, 5.74) is 1.06. The summed E-state index contributed by atoms with van der Waals surface area (Å²) in [5.74, 6) is 3.29. The van der Waals surface area contributed by atoms with Crippen molar-refractivity contribution in [2.45, 2.75) is 32.7 Å². The van der Waals surface area contributed by atoms with Gasteiger partial charge in [-0.05, 0) is 26.7 Å². The lowest BCUT2D eigenvalue weighted by Crippen LogP contribution is -2.44. The van der Waals surface area contributed by atoms with E-state index in [-0.39, 0.29) is 18.4 Å². The topological polar surface area (TPSA) is 87.0 Å². The molecule has 166 valence electrons. The maximum Gasteiger partial charge on any atom is 0.232 e.